The zero-order valence-corrected chi connectivity index (χ0v) is 11.6. The third kappa shape index (κ3) is 4.13. The second-order valence-electron chi connectivity index (χ2n) is 3.90. The van der Waals surface area contributed by atoms with Gasteiger partial charge in [-0.25, -0.2) is 0 Å². The van der Waals surface area contributed by atoms with Crippen molar-refractivity contribution in [1.82, 2.24) is 5.32 Å². The molecule has 0 aliphatic heterocycles. The van der Waals surface area contributed by atoms with Crippen LogP contribution >= 0.6 is 0 Å². The van der Waals surface area contributed by atoms with Crippen molar-refractivity contribution in [3.63, 3.8) is 0 Å². The lowest BCUT2D eigenvalue weighted by Gasteiger charge is -2.17. The van der Waals surface area contributed by atoms with Gasteiger partial charge in [0.15, 0.2) is 11.5 Å². The van der Waals surface area contributed by atoms with E-state index in [1.54, 1.807) is 18.2 Å². The lowest BCUT2D eigenvalue weighted by molar-refractivity contribution is -0.139. The van der Waals surface area contributed by atoms with Gasteiger partial charge in [-0.15, -0.1) is 0 Å². The molecule has 1 rings (SSSR count). The second kappa shape index (κ2) is 7.63. The van der Waals surface area contributed by atoms with Crippen LogP contribution in [0.1, 0.15) is 32.4 Å². The Morgan fingerprint density at radius 3 is 2.37 bits per heavy atom. The Balaban J connectivity index is 3.07. The fourth-order valence-electron chi connectivity index (χ4n) is 1.80. The number of nitrogens with one attached hydrogen (secondary N) is 1. The van der Waals surface area contributed by atoms with Crippen molar-refractivity contribution in [2.24, 2.45) is 0 Å². The van der Waals surface area contributed by atoms with Crippen molar-refractivity contribution in [3.05, 3.63) is 23.8 Å². The third-order valence-electron chi connectivity index (χ3n) is 2.56. The van der Waals surface area contributed by atoms with E-state index in [4.69, 9.17) is 9.47 Å². The highest BCUT2D eigenvalue weighted by Crippen LogP contribution is 2.30. The van der Waals surface area contributed by atoms with Crippen LogP contribution in [-0.2, 0) is 4.79 Å². The molecule has 0 aromatic heterocycles. The van der Waals surface area contributed by atoms with Crippen LogP contribution in [0.25, 0.3) is 0 Å². The summed E-state index contributed by atoms with van der Waals surface area (Å²) in [6.07, 6.45) is 0. The summed E-state index contributed by atoms with van der Waals surface area (Å²) < 4.78 is 10.9. The standard InChI is InChI=1S/C14H21NO4/c1-4-15-13(14(16)17)10-7-8-11(18-5-2)12(9-10)19-6-3/h7-9,13,15H,4-6H2,1-3H3,(H,16,17). The molecule has 1 unspecified atom stereocenters. The minimum atomic E-state index is -0.909. The number of likely N-dealkylation sites (N-methyl/N-ethyl adjacent to an activating group) is 1. The molecule has 0 amide bonds. The van der Waals surface area contributed by atoms with E-state index in [9.17, 15) is 9.90 Å². The number of ether oxygens (including phenoxy) is 2. The molecule has 1 aromatic rings. The molecule has 1 aromatic carbocycles. The normalized spacial score (nSPS) is 11.9. The van der Waals surface area contributed by atoms with Crippen molar-refractivity contribution in [2.45, 2.75) is 26.8 Å². The Hall–Kier alpha value is -1.75. The molecule has 0 bridgehead atoms. The third-order valence-corrected chi connectivity index (χ3v) is 2.56. The van der Waals surface area contributed by atoms with Gasteiger partial charge >= 0.3 is 5.97 Å². The van der Waals surface area contributed by atoms with E-state index in [0.717, 1.165) is 0 Å². The predicted molar refractivity (Wildman–Crippen MR) is 72.8 cm³/mol. The van der Waals surface area contributed by atoms with Crippen LogP contribution in [0, 0.1) is 0 Å². The summed E-state index contributed by atoms with van der Waals surface area (Å²) in [7, 11) is 0. The maximum Gasteiger partial charge on any atom is 0.325 e. The van der Waals surface area contributed by atoms with Gasteiger partial charge < -0.3 is 19.9 Å². The number of carboxylic acid groups (broad SMARTS) is 1. The van der Waals surface area contributed by atoms with Gasteiger partial charge in [-0.2, -0.15) is 0 Å². The van der Waals surface area contributed by atoms with Crippen LogP contribution in [0.3, 0.4) is 0 Å². The molecule has 2 N–H and O–H groups in total. The Morgan fingerprint density at radius 1 is 1.21 bits per heavy atom. The van der Waals surface area contributed by atoms with Crippen molar-refractivity contribution in [1.29, 1.82) is 0 Å². The van der Waals surface area contributed by atoms with Gasteiger partial charge in [-0.1, -0.05) is 13.0 Å². The van der Waals surface area contributed by atoms with E-state index in [2.05, 4.69) is 5.32 Å². The SMILES string of the molecule is CCNC(C(=O)O)c1ccc(OCC)c(OCC)c1. The Kier molecular flexibility index (Phi) is 6.15. The van der Waals surface area contributed by atoms with Gasteiger partial charge in [-0.3, -0.25) is 4.79 Å². The van der Waals surface area contributed by atoms with Crippen molar-refractivity contribution >= 4 is 5.97 Å². The Labute approximate surface area is 113 Å². The van der Waals surface area contributed by atoms with E-state index in [1.807, 2.05) is 20.8 Å². The quantitative estimate of drug-likeness (QED) is 0.756. The summed E-state index contributed by atoms with van der Waals surface area (Å²) in [6.45, 7) is 7.25. The van der Waals surface area contributed by atoms with Crippen LogP contribution in [-0.4, -0.2) is 30.8 Å². The van der Waals surface area contributed by atoms with Crippen molar-refractivity contribution in [3.8, 4) is 11.5 Å². The fraction of sp³-hybridized carbons (Fsp3) is 0.500. The maximum atomic E-state index is 11.2. The number of hydrogen-bond acceptors (Lipinski definition) is 4. The van der Waals surface area contributed by atoms with E-state index in [0.29, 0.717) is 36.8 Å². The highest BCUT2D eigenvalue weighted by Gasteiger charge is 2.20. The number of benzene rings is 1. The minimum Gasteiger partial charge on any atom is -0.490 e. The number of carbonyl (C=O) groups is 1. The minimum absolute atomic E-state index is 0.502. The summed E-state index contributed by atoms with van der Waals surface area (Å²) in [5.41, 5.74) is 0.654. The summed E-state index contributed by atoms with van der Waals surface area (Å²) in [5, 5.41) is 12.1. The summed E-state index contributed by atoms with van der Waals surface area (Å²) in [6, 6.07) is 4.47. The van der Waals surface area contributed by atoms with Crippen LogP contribution in [0.2, 0.25) is 0 Å². The molecule has 0 aliphatic carbocycles. The largest absolute Gasteiger partial charge is 0.490 e. The highest BCUT2D eigenvalue weighted by molar-refractivity contribution is 5.76. The molecule has 0 heterocycles. The summed E-state index contributed by atoms with van der Waals surface area (Å²) in [4.78, 5) is 11.2. The predicted octanol–water partition coefficient (Wildman–Crippen LogP) is 2.22. The van der Waals surface area contributed by atoms with E-state index in [1.165, 1.54) is 0 Å². The molecule has 0 aliphatic rings. The molecular formula is C14H21NO4. The van der Waals surface area contributed by atoms with Crippen LogP contribution < -0.4 is 14.8 Å². The molecular weight excluding hydrogens is 246 g/mol. The fourth-order valence-corrected chi connectivity index (χ4v) is 1.80. The average Bonchev–Trinajstić information content (AvgIpc) is 2.38. The van der Waals surface area contributed by atoms with Crippen LogP contribution in [0.5, 0.6) is 11.5 Å². The number of hydrogen-bond donors (Lipinski definition) is 2. The molecule has 106 valence electrons. The maximum absolute atomic E-state index is 11.2. The van der Waals surface area contributed by atoms with Crippen molar-refractivity contribution < 1.29 is 19.4 Å². The van der Waals surface area contributed by atoms with E-state index in [-0.39, 0.29) is 0 Å². The van der Waals surface area contributed by atoms with Gasteiger partial charge in [0, 0.05) is 0 Å². The van der Waals surface area contributed by atoms with Gasteiger partial charge in [0.25, 0.3) is 0 Å². The first-order valence-electron chi connectivity index (χ1n) is 6.49. The topological polar surface area (TPSA) is 67.8 Å². The Morgan fingerprint density at radius 2 is 1.84 bits per heavy atom. The molecule has 0 saturated carbocycles. The van der Waals surface area contributed by atoms with E-state index >= 15 is 0 Å². The van der Waals surface area contributed by atoms with Crippen LogP contribution in [0.15, 0.2) is 18.2 Å². The van der Waals surface area contributed by atoms with Gasteiger partial charge in [0.2, 0.25) is 0 Å². The van der Waals surface area contributed by atoms with Gasteiger partial charge in [0.05, 0.1) is 13.2 Å². The zero-order chi connectivity index (χ0) is 14.3. The molecule has 19 heavy (non-hydrogen) atoms. The Bertz CT molecular complexity index is 420. The first-order valence-corrected chi connectivity index (χ1v) is 6.49. The summed E-state index contributed by atoms with van der Waals surface area (Å²) >= 11 is 0. The molecule has 1 atom stereocenters. The van der Waals surface area contributed by atoms with Gasteiger partial charge in [0.1, 0.15) is 6.04 Å². The van der Waals surface area contributed by atoms with Crippen molar-refractivity contribution in [2.75, 3.05) is 19.8 Å². The van der Waals surface area contributed by atoms with E-state index < -0.39 is 12.0 Å². The molecule has 0 saturated heterocycles. The second-order valence-corrected chi connectivity index (χ2v) is 3.90. The molecule has 0 radical (unpaired) electrons. The lowest BCUT2D eigenvalue weighted by atomic mass is 10.1. The first kappa shape index (κ1) is 15.3. The zero-order valence-electron chi connectivity index (χ0n) is 11.6. The molecule has 0 fully saturated rings. The number of carboxylic acids is 1. The smallest absolute Gasteiger partial charge is 0.325 e. The number of rotatable bonds is 8. The van der Waals surface area contributed by atoms with Crippen LogP contribution in [0.4, 0.5) is 0 Å². The highest BCUT2D eigenvalue weighted by atomic mass is 16.5. The summed E-state index contributed by atoms with van der Waals surface area (Å²) in [5.74, 6) is 0.299. The average molecular weight is 267 g/mol. The lowest BCUT2D eigenvalue weighted by Crippen LogP contribution is -2.28. The molecule has 5 nitrogen and oxygen atoms in total. The first-order chi connectivity index (χ1) is 9.13. The number of aliphatic carboxylic acids is 1. The molecule has 5 heteroatoms. The molecule has 0 spiro atoms. The monoisotopic (exact) mass is 267 g/mol. The van der Waals surface area contributed by atoms with Gasteiger partial charge in [-0.05, 0) is 38.1 Å².